The quantitative estimate of drug-likeness (QED) is 0.195. The van der Waals surface area contributed by atoms with Gasteiger partial charge in [-0.1, -0.05) is 72.8 Å². The fraction of sp³-hybridized carbons (Fsp3) is 0.167. The highest BCUT2D eigenvalue weighted by molar-refractivity contribution is 5.79. The van der Waals surface area contributed by atoms with Crippen molar-refractivity contribution < 1.29 is 24.3 Å². The number of nitro groups is 1. The van der Waals surface area contributed by atoms with E-state index in [1.54, 1.807) is 0 Å². The van der Waals surface area contributed by atoms with E-state index in [0.29, 0.717) is 43.2 Å². The first kappa shape index (κ1) is 26.2. The molecular formula is C30H28N2O6. The van der Waals surface area contributed by atoms with Crippen LogP contribution in [-0.2, 0) is 30.8 Å². The summed E-state index contributed by atoms with van der Waals surface area (Å²) >= 11 is 0. The molecule has 0 aromatic heterocycles. The predicted molar refractivity (Wildman–Crippen MR) is 143 cm³/mol. The van der Waals surface area contributed by atoms with Crippen molar-refractivity contribution in [3.63, 3.8) is 0 Å². The first-order valence-corrected chi connectivity index (χ1v) is 12.2. The largest absolute Gasteiger partial charge is 0.502 e. The number of phenolic OH excluding ortho intramolecular Hbond substituents is 1. The van der Waals surface area contributed by atoms with Crippen LogP contribution in [-0.4, -0.2) is 22.5 Å². The summed E-state index contributed by atoms with van der Waals surface area (Å²) in [6.45, 7) is 1.18. The van der Waals surface area contributed by atoms with Gasteiger partial charge in [-0.15, -0.1) is 0 Å². The lowest BCUT2D eigenvalue weighted by atomic mass is 10.1. The van der Waals surface area contributed by atoms with Crippen molar-refractivity contribution in [1.29, 1.82) is 0 Å². The number of ether oxygens (including phenoxy) is 2. The maximum atomic E-state index is 12.4. The first-order chi connectivity index (χ1) is 18.5. The molecule has 0 fully saturated rings. The van der Waals surface area contributed by atoms with Crippen molar-refractivity contribution in [3.05, 3.63) is 129 Å². The van der Waals surface area contributed by atoms with E-state index in [2.05, 4.69) is 5.32 Å². The molecule has 0 aliphatic heterocycles. The highest BCUT2D eigenvalue weighted by Crippen LogP contribution is 2.30. The molecule has 0 atom stereocenters. The van der Waals surface area contributed by atoms with E-state index in [1.165, 1.54) is 18.2 Å². The van der Waals surface area contributed by atoms with Gasteiger partial charge in [0.1, 0.15) is 13.2 Å². The zero-order valence-electron chi connectivity index (χ0n) is 20.7. The van der Waals surface area contributed by atoms with Gasteiger partial charge in [0.2, 0.25) is 5.91 Å². The SMILES string of the molecule is O=C(Cc1ccc(O)c([N+](=O)[O-])c1)NCCc1ccc(OCc2ccccc2)c(OCc2ccccc2)c1. The Balaban J connectivity index is 1.37. The van der Waals surface area contributed by atoms with Crippen LogP contribution < -0.4 is 14.8 Å². The highest BCUT2D eigenvalue weighted by Gasteiger charge is 2.15. The molecule has 0 spiro atoms. The summed E-state index contributed by atoms with van der Waals surface area (Å²) in [5.41, 5.74) is 3.07. The minimum absolute atomic E-state index is 0.0289. The van der Waals surface area contributed by atoms with E-state index in [9.17, 15) is 20.0 Å². The second-order valence-electron chi connectivity index (χ2n) is 8.69. The van der Waals surface area contributed by atoms with Crippen LogP contribution in [0.5, 0.6) is 17.2 Å². The fourth-order valence-corrected chi connectivity index (χ4v) is 3.83. The zero-order valence-corrected chi connectivity index (χ0v) is 20.7. The Morgan fingerprint density at radius 3 is 2.00 bits per heavy atom. The van der Waals surface area contributed by atoms with Crippen LogP contribution in [0.2, 0.25) is 0 Å². The summed E-state index contributed by atoms with van der Waals surface area (Å²) in [6, 6.07) is 29.4. The number of aromatic hydroxyl groups is 1. The topological polar surface area (TPSA) is 111 Å². The molecule has 194 valence electrons. The van der Waals surface area contributed by atoms with E-state index in [0.717, 1.165) is 16.7 Å². The molecule has 0 radical (unpaired) electrons. The Morgan fingerprint density at radius 2 is 1.37 bits per heavy atom. The maximum absolute atomic E-state index is 12.4. The smallest absolute Gasteiger partial charge is 0.310 e. The molecule has 4 aromatic carbocycles. The Hall–Kier alpha value is -4.85. The maximum Gasteiger partial charge on any atom is 0.310 e. The summed E-state index contributed by atoms with van der Waals surface area (Å²) in [7, 11) is 0. The van der Waals surface area contributed by atoms with Crippen LogP contribution in [0.3, 0.4) is 0 Å². The molecule has 0 unspecified atom stereocenters. The van der Waals surface area contributed by atoms with Gasteiger partial charge in [-0.05, 0) is 46.9 Å². The summed E-state index contributed by atoms with van der Waals surface area (Å²) in [5, 5.41) is 23.4. The number of nitrogens with one attached hydrogen (secondary N) is 1. The zero-order chi connectivity index (χ0) is 26.7. The average Bonchev–Trinajstić information content (AvgIpc) is 2.93. The summed E-state index contributed by atoms with van der Waals surface area (Å²) < 4.78 is 12.2. The third kappa shape index (κ3) is 7.57. The minimum atomic E-state index is -0.679. The number of phenols is 1. The predicted octanol–water partition coefficient (Wildman–Crippen LogP) is 5.36. The second kappa shape index (κ2) is 12.9. The molecule has 0 bridgehead atoms. The molecule has 0 aliphatic carbocycles. The van der Waals surface area contributed by atoms with Crippen LogP contribution >= 0.6 is 0 Å². The van der Waals surface area contributed by atoms with Crippen molar-refractivity contribution in [2.75, 3.05) is 6.54 Å². The Bertz CT molecular complexity index is 1380. The minimum Gasteiger partial charge on any atom is -0.502 e. The van der Waals surface area contributed by atoms with Crippen molar-refractivity contribution in [2.24, 2.45) is 0 Å². The molecule has 1 amide bonds. The third-order valence-corrected chi connectivity index (χ3v) is 5.82. The molecule has 8 nitrogen and oxygen atoms in total. The van der Waals surface area contributed by atoms with Crippen LogP contribution in [0.1, 0.15) is 22.3 Å². The van der Waals surface area contributed by atoms with Gasteiger partial charge >= 0.3 is 5.69 Å². The fourth-order valence-electron chi connectivity index (χ4n) is 3.83. The van der Waals surface area contributed by atoms with Gasteiger partial charge in [0.15, 0.2) is 17.2 Å². The van der Waals surface area contributed by atoms with Gasteiger partial charge in [0.25, 0.3) is 0 Å². The van der Waals surface area contributed by atoms with Crippen molar-refractivity contribution >= 4 is 11.6 Å². The van der Waals surface area contributed by atoms with Gasteiger partial charge in [-0.25, -0.2) is 0 Å². The number of rotatable bonds is 12. The van der Waals surface area contributed by atoms with E-state index >= 15 is 0 Å². The number of nitrogens with zero attached hydrogens (tertiary/aromatic N) is 1. The molecule has 8 heteroatoms. The van der Waals surface area contributed by atoms with Gasteiger partial charge in [-0.3, -0.25) is 14.9 Å². The normalized spacial score (nSPS) is 10.5. The van der Waals surface area contributed by atoms with Crippen molar-refractivity contribution in [1.82, 2.24) is 5.32 Å². The average molecular weight is 513 g/mol. The molecule has 0 saturated heterocycles. The Morgan fingerprint density at radius 1 is 0.763 bits per heavy atom. The van der Waals surface area contributed by atoms with E-state index in [1.807, 2.05) is 78.9 Å². The lowest BCUT2D eigenvalue weighted by Crippen LogP contribution is -2.27. The van der Waals surface area contributed by atoms with E-state index < -0.39 is 16.4 Å². The molecule has 38 heavy (non-hydrogen) atoms. The lowest BCUT2D eigenvalue weighted by molar-refractivity contribution is -0.385. The van der Waals surface area contributed by atoms with E-state index in [-0.39, 0.29) is 12.3 Å². The third-order valence-electron chi connectivity index (χ3n) is 5.82. The number of hydrogen-bond acceptors (Lipinski definition) is 6. The van der Waals surface area contributed by atoms with Crippen LogP contribution in [0.4, 0.5) is 5.69 Å². The van der Waals surface area contributed by atoms with Crippen molar-refractivity contribution in [2.45, 2.75) is 26.1 Å². The van der Waals surface area contributed by atoms with Gasteiger partial charge in [0, 0.05) is 12.6 Å². The molecule has 4 rings (SSSR count). The first-order valence-electron chi connectivity index (χ1n) is 12.2. The summed E-state index contributed by atoms with van der Waals surface area (Å²) in [6.07, 6.45) is 0.529. The monoisotopic (exact) mass is 512 g/mol. The number of benzene rings is 4. The Kier molecular flexibility index (Phi) is 8.91. The summed E-state index contributed by atoms with van der Waals surface area (Å²) in [5.74, 6) is 0.547. The number of amides is 1. The number of carbonyl (C=O) groups excluding carboxylic acids is 1. The van der Waals surface area contributed by atoms with Crippen LogP contribution in [0, 0.1) is 10.1 Å². The van der Waals surface area contributed by atoms with Gasteiger partial charge < -0.3 is 19.9 Å². The van der Waals surface area contributed by atoms with Crippen LogP contribution in [0.15, 0.2) is 97.1 Å². The summed E-state index contributed by atoms with van der Waals surface area (Å²) in [4.78, 5) is 22.7. The molecule has 4 aromatic rings. The molecule has 0 heterocycles. The second-order valence-corrected chi connectivity index (χ2v) is 8.69. The van der Waals surface area contributed by atoms with Gasteiger partial charge in [-0.2, -0.15) is 0 Å². The molecule has 0 saturated carbocycles. The lowest BCUT2D eigenvalue weighted by Gasteiger charge is -2.15. The number of carbonyl (C=O) groups is 1. The molecule has 0 aliphatic rings. The highest BCUT2D eigenvalue weighted by atomic mass is 16.6. The van der Waals surface area contributed by atoms with Crippen LogP contribution in [0.25, 0.3) is 0 Å². The number of hydrogen-bond donors (Lipinski definition) is 2. The molecular weight excluding hydrogens is 484 g/mol. The van der Waals surface area contributed by atoms with Crippen molar-refractivity contribution in [3.8, 4) is 17.2 Å². The number of nitro benzene ring substituents is 1. The Labute approximate surface area is 220 Å². The standard InChI is InChI=1S/C30H28N2O6/c33-27-13-11-25(17-26(27)32(35)36)19-30(34)31-16-15-22-12-14-28(37-20-23-7-3-1-4-8-23)29(18-22)38-21-24-9-5-2-6-10-24/h1-14,17-18,33H,15-16,19-21H2,(H,31,34). The van der Waals surface area contributed by atoms with Gasteiger partial charge in [0.05, 0.1) is 11.3 Å². The van der Waals surface area contributed by atoms with E-state index in [4.69, 9.17) is 9.47 Å². The molecule has 2 N–H and O–H groups in total.